The Morgan fingerprint density at radius 3 is 3.08 bits per heavy atom. The van der Waals surface area contributed by atoms with Gasteiger partial charge < -0.3 is 19.2 Å². The molecule has 0 aromatic heterocycles. The molecule has 0 bridgehead atoms. The molecule has 136 valence electrons. The van der Waals surface area contributed by atoms with Crippen LogP contribution in [0.1, 0.15) is 24.8 Å². The zero-order chi connectivity index (χ0) is 17.6. The van der Waals surface area contributed by atoms with E-state index in [9.17, 15) is 4.79 Å². The van der Waals surface area contributed by atoms with Gasteiger partial charge in [-0.05, 0) is 36.5 Å². The van der Waals surface area contributed by atoms with Crippen molar-refractivity contribution < 1.29 is 19.1 Å². The van der Waals surface area contributed by atoms with Crippen molar-refractivity contribution in [2.45, 2.75) is 31.8 Å². The minimum absolute atomic E-state index is 0.0465. The molecule has 3 rings (SSSR count). The maximum Gasteiger partial charge on any atom is 0.266 e. The molecule has 2 atom stereocenters. The summed E-state index contributed by atoms with van der Waals surface area (Å²) in [6.07, 6.45) is 2.88. The molecule has 2 aliphatic rings. The van der Waals surface area contributed by atoms with E-state index in [1.807, 2.05) is 29.2 Å². The second kappa shape index (κ2) is 8.34. The van der Waals surface area contributed by atoms with Crippen LogP contribution in [0.4, 0.5) is 0 Å². The first-order valence-corrected chi connectivity index (χ1v) is 8.82. The van der Waals surface area contributed by atoms with Crippen molar-refractivity contribution in [1.29, 1.82) is 0 Å². The van der Waals surface area contributed by atoms with Gasteiger partial charge in [0.05, 0.1) is 19.4 Å². The van der Waals surface area contributed by atoms with Gasteiger partial charge >= 0.3 is 0 Å². The third kappa shape index (κ3) is 4.51. The normalized spacial score (nSPS) is 23.1. The first-order valence-electron chi connectivity index (χ1n) is 8.82. The maximum absolute atomic E-state index is 12.7. The van der Waals surface area contributed by atoms with Crippen molar-refractivity contribution in [1.82, 2.24) is 4.90 Å². The first kappa shape index (κ1) is 17.7. The van der Waals surface area contributed by atoms with Crippen molar-refractivity contribution >= 4 is 11.6 Å². The number of oxime groups is 1. The Morgan fingerprint density at radius 2 is 2.28 bits per heavy atom. The zero-order valence-electron chi connectivity index (χ0n) is 14.9. The van der Waals surface area contributed by atoms with E-state index >= 15 is 0 Å². The predicted molar refractivity (Wildman–Crippen MR) is 94.8 cm³/mol. The Kier molecular flexibility index (Phi) is 5.91. The number of amides is 1. The molecule has 0 saturated carbocycles. The van der Waals surface area contributed by atoms with Crippen LogP contribution in [-0.2, 0) is 20.8 Å². The van der Waals surface area contributed by atoms with Gasteiger partial charge in [-0.1, -0.05) is 17.3 Å². The Balaban J connectivity index is 1.53. The largest absolute Gasteiger partial charge is 0.497 e. The summed E-state index contributed by atoms with van der Waals surface area (Å²) >= 11 is 0. The van der Waals surface area contributed by atoms with Gasteiger partial charge in [0.15, 0.2) is 0 Å². The fourth-order valence-electron chi connectivity index (χ4n) is 3.52. The topological polar surface area (TPSA) is 60.4 Å². The lowest BCUT2D eigenvalue weighted by atomic mass is 9.97. The standard InChI is InChI=1S/C19H26N2O4/c1-23-13-15-6-4-8-21(12-15)19(22)18-11-16(20-25-18)9-14-5-3-7-17(10-14)24-2/h3,5,7,10,15,18H,4,6,8-9,11-13H2,1-2H3/t15-,18-/m0/s1. The number of rotatable bonds is 6. The van der Waals surface area contributed by atoms with E-state index in [0.29, 0.717) is 25.4 Å². The molecule has 1 amide bonds. The van der Waals surface area contributed by atoms with Crippen LogP contribution in [0.25, 0.3) is 0 Å². The van der Waals surface area contributed by atoms with Crippen LogP contribution in [0.2, 0.25) is 0 Å². The van der Waals surface area contributed by atoms with Gasteiger partial charge in [-0.15, -0.1) is 0 Å². The van der Waals surface area contributed by atoms with Crippen molar-refractivity contribution in [3.05, 3.63) is 29.8 Å². The first-order chi connectivity index (χ1) is 12.2. The highest BCUT2D eigenvalue weighted by molar-refractivity contribution is 5.94. The molecule has 0 radical (unpaired) electrons. The van der Waals surface area contributed by atoms with Crippen molar-refractivity contribution in [2.75, 3.05) is 33.9 Å². The molecule has 6 nitrogen and oxygen atoms in total. The number of likely N-dealkylation sites (tertiary alicyclic amines) is 1. The maximum atomic E-state index is 12.7. The summed E-state index contributed by atoms with van der Waals surface area (Å²) < 4.78 is 10.5. The summed E-state index contributed by atoms with van der Waals surface area (Å²) in [5, 5.41) is 4.14. The van der Waals surface area contributed by atoms with Gasteiger partial charge in [0, 0.05) is 33.0 Å². The number of ether oxygens (including phenoxy) is 2. The molecule has 1 fully saturated rings. The van der Waals surface area contributed by atoms with Crippen LogP contribution >= 0.6 is 0 Å². The highest BCUT2D eigenvalue weighted by atomic mass is 16.6. The fraction of sp³-hybridized carbons (Fsp3) is 0.579. The van der Waals surface area contributed by atoms with Crippen molar-refractivity contribution in [3.8, 4) is 5.75 Å². The van der Waals surface area contributed by atoms with Gasteiger partial charge in [-0.3, -0.25) is 4.79 Å². The van der Waals surface area contributed by atoms with E-state index in [2.05, 4.69) is 5.16 Å². The van der Waals surface area contributed by atoms with Gasteiger partial charge in [-0.2, -0.15) is 0 Å². The number of carbonyl (C=O) groups excluding carboxylic acids is 1. The Bertz CT molecular complexity index is 630. The average Bonchev–Trinajstić information content (AvgIpc) is 3.10. The lowest BCUT2D eigenvalue weighted by molar-refractivity contribution is -0.144. The van der Waals surface area contributed by atoms with Crippen LogP contribution in [0.3, 0.4) is 0 Å². The van der Waals surface area contributed by atoms with Crippen molar-refractivity contribution in [3.63, 3.8) is 0 Å². The van der Waals surface area contributed by atoms with Crippen molar-refractivity contribution in [2.24, 2.45) is 11.1 Å². The molecule has 0 N–H and O–H groups in total. The minimum Gasteiger partial charge on any atom is -0.497 e. The third-order valence-electron chi connectivity index (χ3n) is 4.78. The van der Waals surface area contributed by atoms with Crippen LogP contribution in [0, 0.1) is 5.92 Å². The molecule has 2 heterocycles. The lowest BCUT2D eigenvalue weighted by Gasteiger charge is -2.33. The Hall–Kier alpha value is -2.08. The minimum atomic E-state index is -0.484. The molecular formula is C19H26N2O4. The molecule has 2 aliphatic heterocycles. The Morgan fingerprint density at radius 1 is 1.40 bits per heavy atom. The highest BCUT2D eigenvalue weighted by Gasteiger charge is 2.34. The summed E-state index contributed by atoms with van der Waals surface area (Å²) in [4.78, 5) is 20.1. The van der Waals surface area contributed by atoms with E-state index in [1.54, 1.807) is 14.2 Å². The second-order valence-corrected chi connectivity index (χ2v) is 6.73. The quantitative estimate of drug-likeness (QED) is 0.793. The predicted octanol–water partition coefficient (Wildman–Crippen LogP) is 2.27. The lowest BCUT2D eigenvalue weighted by Crippen LogP contribution is -2.45. The monoisotopic (exact) mass is 346 g/mol. The van der Waals surface area contributed by atoms with Gasteiger partial charge in [-0.25, -0.2) is 0 Å². The number of piperidine rings is 1. The smallest absolute Gasteiger partial charge is 0.266 e. The summed E-state index contributed by atoms with van der Waals surface area (Å²) in [5.41, 5.74) is 2.00. The van der Waals surface area contributed by atoms with E-state index in [0.717, 1.165) is 43.0 Å². The summed E-state index contributed by atoms with van der Waals surface area (Å²) in [6.45, 7) is 2.24. The van der Waals surface area contributed by atoms with Gasteiger partial charge in [0.25, 0.3) is 5.91 Å². The van der Waals surface area contributed by atoms with Crippen LogP contribution in [0.15, 0.2) is 29.4 Å². The molecule has 0 unspecified atom stereocenters. The molecule has 1 saturated heterocycles. The third-order valence-corrected chi connectivity index (χ3v) is 4.78. The van der Waals surface area contributed by atoms with Crippen LogP contribution in [-0.4, -0.2) is 56.5 Å². The van der Waals surface area contributed by atoms with E-state index < -0.39 is 6.10 Å². The fourth-order valence-corrected chi connectivity index (χ4v) is 3.52. The molecule has 1 aromatic carbocycles. The van der Waals surface area contributed by atoms with Crippen LogP contribution in [0.5, 0.6) is 5.75 Å². The molecule has 1 aromatic rings. The van der Waals surface area contributed by atoms with E-state index in [4.69, 9.17) is 14.3 Å². The average molecular weight is 346 g/mol. The van der Waals surface area contributed by atoms with E-state index in [-0.39, 0.29) is 5.91 Å². The van der Waals surface area contributed by atoms with Gasteiger partial charge in [0.2, 0.25) is 6.10 Å². The summed E-state index contributed by atoms with van der Waals surface area (Å²) in [6, 6.07) is 7.88. The summed E-state index contributed by atoms with van der Waals surface area (Å²) in [7, 11) is 3.36. The second-order valence-electron chi connectivity index (χ2n) is 6.73. The Labute approximate surface area is 148 Å². The summed E-state index contributed by atoms with van der Waals surface area (Å²) in [5.74, 6) is 1.29. The van der Waals surface area contributed by atoms with Gasteiger partial charge in [0.1, 0.15) is 5.75 Å². The number of hydrogen-bond acceptors (Lipinski definition) is 5. The van der Waals surface area contributed by atoms with E-state index in [1.165, 1.54) is 0 Å². The molecule has 25 heavy (non-hydrogen) atoms. The zero-order valence-corrected chi connectivity index (χ0v) is 14.9. The number of methoxy groups -OCH3 is 2. The molecule has 0 aliphatic carbocycles. The molecular weight excluding hydrogens is 320 g/mol. The van der Waals surface area contributed by atoms with Crippen LogP contribution < -0.4 is 4.74 Å². The molecule has 0 spiro atoms. The number of benzene rings is 1. The molecule has 6 heteroatoms. The SMILES string of the molecule is COC[C@H]1CCCN(C(=O)[C@@H]2CC(Cc3cccc(OC)c3)=NO2)C1. The number of hydrogen-bond donors (Lipinski definition) is 0. The number of carbonyl (C=O) groups is 1. The number of nitrogens with zero attached hydrogens (tertiary/aromatic N) is 2. The highest BCUT2D eigenvalue weighted by Crippen LogP contribution is 2.22.